The number of benzene rings is 2. The molecular weight excluding hydrogens is 431 g/mol. The van der Waals surface area contributed by atoms with Crippen LogP contribution in [0.5, 0.6) is 11.5 Å². The van der Waals surface area contributed by atoms with Crippen LogP contribution in [0.3, 0.4) is 0 Å². The number of hydrogen-bond donors (Lipinski definition) is 2. The van der Waals surface area contributed by atoms with E-state index in [1.807, 2.05) is 12.3 Å². The Balaban J connectivity index is 1.97. The molecule has 2 aromatic carbocycles. The van der Waals surface area contributed by atoms with Gasteiger partial charge in [-0.15, -0.1) is 0 Å². The van der Waals surface area contributed by atoms with Gasteiger partial charge in [0.25, 0.3) is 0 Å². The average Bonchev–Trinajstić information content (AvgIpc) is 2.74. The summed E-state index contributed by atoms with van der Waals surface area (Å²) in [5.74, 6) is 0.273. The van der Waals surface area contributed by atoms with Crippen LogP contribution >= 0.6 is 11.8 Å². The molecule has 0 aliphatic rings. The van der Waals surface area contributed by atoms with E-state index >= 15 is 0 Å². The maximum absolute atomic E-state index is 13.9. The molecule has 1 amide bonds. The largest absolute Gasteiger partial charge is 0.493 e. The molecule has 2 aromatic rings. The third-order valence-electron chi connectivity index (χ3n) is 4.08. The molecule has 0 fully saturated rings. The molecule has 0 aliphatic heterocycles. The molecule has 30 heavy (non-hydrogen) atoms. The lowest BCUT2D eigenvalue weighted by molar-refractivity contribution is -0.122. The van der Waals surface area contributed by atoms with Gasteiger partial charge in [-0.25, -0.2) is 12.8 Å². The minimum absolute atomic E-state index is 0.161. The van der Waals surface area contributed by atoms with E-state index in [1.54, 1.807) is 18.2 Å². The topological polar surface area (TPSA) is 93.7 Å². The van der Waals surface area contributed by atoms with Crippen molar-refractivity contribution < 1.29 is 27.1 Å². The molecule has 0 aliphatic carbocycles. The van der Waals surface area contributed by atoms with Crippen LogP contribution in [0.2, 0.25) is 0 Å². The molecule has 10 heteroatoms. The number of amides is 1. The second kappa shape index (κ2) is 11.8. The highest BCUT2D eigenvalue weighted by atomic mass is 32.2. The Morgan fingerprint density at radius 1 is 1.13 bits per heavy atom. The smallest absolute Gasteiger partial charge is 0.244 e. The number of para-hydroxylation sites is 2. The first-order valence-electron chi connectivity index (χ1n) is 9.18. The molecular formula is C20H25FN2O5S2. The second-order valence-electron chi connectivity index (χ2n) is 6.18. The molecule has 2 N–H and O–H groups in total. The number of nitrogens with one attached hydrogen (secondary N) is 2. The van der Waals surface area contributed by atoms with Gasteiger partial charge in [-0.05, 0) is 42.7 Å². The molecule has 0 radical (unpaired) electrons. The van der Waals surface area contributed by atoms with Crippen LogP contribution in [0.15, 0.2) is 53.4 Å². The van der Waals surface area contributed by atoms with Crippen molar-refractivity contribution in [3.05, 3.63) is 54.3 Å². The third kappa shape index (κ3) is 6.89. The van der Waals surface area contributed by atoms with Gasteiger partial charge in [-0.3, -0.25) is 4.79 Å². The van der Waals surface area contributed by atoms with Crippen LogP contribution in [-0.4, -0.2) is 52.6 Å². The molecule has 0 spiro atoms. The van der Waals surface area contributed by atoms with Gasteiger partial charge in [-0.2, -0.15) is 16.5 Å². The van der Waals surface area contributed by atoms with Crippen molar-refractivity contribution in [3.8, 4) is 11.5 Å². The predicted molar refractivity (Wildman–Crippen MR) is 115 cm³/mol. The Labute approximate surface area is 180 Å². The van der Waals surface area contributed by atoms with Crippen molar-refractivity contribution in [2.45, 2.75) is 17.4 Å². The Hall–Kier alpha value is -2.30. The summed E-state index contributed by atoms with van der Waals surface area (Å²) in [7, 11) is -2.66. The molecule has 1 atom stereocenters. The first-order chi connectivity index (χ1) is 14.4. The zero-order chi connectivity index (χ0) is 22.0. The number of carbonyl (C=O) groups excluding carboxylic acids is 1. The van der Waals surface area contributed by atoms with E-state index in [9.17, 15) is 17.6 Å². The maximum Gasteiger partial charge on any atom is 0.244 e. The predicted octanol–water partition coefficient (Wildman–Crippen LogP) is 2.43. The van der Waals surface area contributed by atoms with E-state index in [2.05, 4.69) is 10.0 Å². The molecule has 0 aromatic heterocycles. The quantitative estimate of drug-likeness (QED) is 0.477. The Morgan fingerprint density at radius 2 is 1.80 bits per heavy atom. The molecule has 0 saturated carbocycles. The molecule has 0 saturated heterocycles. The maximum atomic E-state index is 13.9. The first-order valence-corrected chi connectivity index (χ1v) is 12.1. The van der Waals surface area contributed by atoms with Gasteiger partial charge in [0.1, 0.15) is 23.4 Å². The van der Waals surface area contributed by atoms with E-state index in [1.165, 1.54) is 31.0 Å². The molecule has 164 valence electrons. The van der Waals surface area contributed by atoms with Crippen LogP contribution in [0.1, 0.15) is 6.42 Å². The number of carbonyl (C=O) groups is 1. The van der Waals surface area contributed by atoms with Crippen molar-refractivity contribution >= 4 is 27.7 Å². The van der Waals surface area contributed by atoms with Crippen LogP contribution in [0.4, 0.5) is 4.39 Å². The van der Waals surface area contributed by atoms with Crippen molar-refractivity contribution in [2.24, 2.45) is 0 Å². The highest BCUT2D eigenvalue weighted by molar-refractivity contribution is 7.98. The number of ether oxygens (including phenoxy) is 2. The fourth-order valence-corrected chi connectivity index (χ4v) is 4.37. The summed E-state index contributed by atoms with van der Waals surface area (Å²) in [6.45, 7) is 0.329. The standard InChI is InChI=1S/C20H25FN2O5S2/c1-27-17-8-4-5-9-18(17)28-13-12-22-20(24)16(11-14-29-2)23-30(25,26)19-10-6-3-7-15(19)21/h3-10,16,23H,11-14H2,1-2H3,(H,22,24)/t16-/m0/s1. The summed E-state index contributed by atoms with van der Waals surface area (Å²) in [5, 5.41) is 2.65. The summed E-state index contributed by atoms with van der Waals surface area (Å²) < 4.78 is 52.1. The monoisotopic (exact) mass is 456 g/mol. The lowest BCUT2D eigenvalue weighted by Gasteiger charge is -2.19. The minimum Gasteiger partial charge on any atom is -0.493 e. The number of sulfonamides is 1. The number of thioether (sulfide) groups is 1. The molecule has 2 rings (SSSR count). The summed E-state index contributed by atoms with van der Waals surface area (Å²) in [6, 6.07) is 11.1. The molecule has 0 unspecified atom stereocenters. The zero-order valence-corrected chi connectivity index (χ0v) is 18.4. The van der Waals surface area contributed by atoms with E-state index in [-0.39, 0.29) is 19.6 Å². The van der Waals surface area contributed by atoms with E-state index < -0.39 is 32.7 Å². The van der Waals surface area contributed by atoms with E-state index in [0.717, 1.165) is 12.1 Å². The number of hydrogen-bond acceptors (Lipinski definition) is 6. The van der Waals surface area contributed by atoms with Gasteiger partial charge in [0.2, 0.25) is 15.9 Å². The van der Waals surface area contributed by atoms with Gasteiger partial charge in [0.05, 0.1) is 13.7 Å². The summed E-state index contributed by atoms with van der Waals surface area (Å²) >= 11 is 1.47. The Kier molecular flexibility index (Phi) is 9.41. The van der Waals surface area contributed by atoms with Crippen molar-refractivity contribution in [1.29, 1.82) is 0 Å². The number of rotatable bonds is 12. The van der Waals surface area contributed by atoms with Gasteiger partial charge >= 0.3 is 0 Å². The van der Waals surface area contributed by atoms with Crippen molar-refractivity contribution in [1.82, 2.24) is 10.0 Å². The second-order valence-corrected chi connectivity index (χ2v) is 8.84. The summed E-state index contributed by atoms with van der Waals surface area (Å²) in [6.07, 6.45) is 2.11. The average molecular weight is 457 g/mol. The van der Waals surface area contributed by atoms with Crippen molar-refractivity contribution in [2.75, 3.05) is 32.3 Å². The van der Waals surface area contributed by atoms with E-state index in [0.29, 0.717) is 17.3 Å². The van der Waals surface area contributed by atoms with Gasteiger partial charge in [0, 0.05) is 0 Å². The SMILES string of the molecule is COc1ccccc1OCCNC(=O)[C@H](CCSC)NS(=O)(=O)c1ccccc1F. The van der Waals surface area contributed by atoms with E-state index in [4.69, 9.17) is 9.47 Å². The lowest BCUT2D eigenvalue weighted by atomic mass is 10.2. The van der Waals surface area contributed by atoms with Crippen LogP contribution < -0.4 is 19.5 Å². The number of methoxy groups -OCH3 is 1. The van der Waals surface area contributed by atoms with Crippen LogP contribution in [-0.2, 0) is 14.8 Å². The third-order valence-corrected chi connectivity index (χ3v) is 6.23. The molecule has 0 bridgehead atoms. The van der Waals surface area contributed by atoms with Gasteiger partial charge in [-0.1, -0.05) is 24.3 Å². The Morgan fingerprint density at radius 3 is 2.47 bits per heavy atom. The minimum atomic E-state index is -4.19. The lowest BCUT2D eigenvalue weighted by Crippen LogP contribution is -2.47. The first kappa shape index (κ1) is 24.0. The fraction of sp³-hybridized carbons (Fsp3) is 0.350. The van der Waals surface area contributed by atoms with Gasteiger partial charge < -0.3 is 14.8 Å². The van der Waals surface area contributed by atoms with Gasteiger partial charge in [0.15, 0.2) is 11.5 Å². The van der Waals surface area contributed by atoms with Crippen molar-refractivity contribution in [3.63, 3.8) is 0 Å². The molecule has 7 nitrogen and oxygen atoms in total. The Bertz CT molecular complexity index is 940. The highest BCUT2D eigenvalue weighted by Gasteiger charge is 2.27. The van der Waals surface area contributed by atoms with Crippen LogP contribution in [0, 0.1) is 5.82 Å². The summed E-state index contributed by atoms with van der Waals surface area (Å²) in [5.41, 5.74) is 0. The fourth-order valence-electron chi connectivity index (χ4n) is 2.59. The summed E-state index contributed by atoms with van der Waals surface area (Å²) in [4.78, 5) is 12.1. The normalized spacial score (nSPS) is 12.2. The number of halogens is 1. The molecule has 0 heterocycles. The highest BCUT2D eigenvalue weighted by Crippen LogP contribution is 2.25. The van der Waals surface area contributed by atoms with Crippen LogP contribution in [0.25, 0.3) is 0 Å². The zero-order valence-electron chi connectivity index (χ0n) is 16.8.